The summed E-state index contributed by atoms with van der Waals surface area (Å²) < 4.78 is 10.4. The zero-order valence-electron chi connectivity index (χ0n) is 13.8. The van der Waals surface area contributed by atoms with Crippen LogP contribution in [0, 0.1) is 0 Å². The van der Waals surface area contributed by atoms with Crippen molar-refractivity contribution in [2.45, 2.75) is 6.42 Å². The van der Waals surface area contributed by atoms with Crippen LogP contribution >= 0.6 is 0 Å². The Hall–Kier alpha value is -2.95. The van der Waals surface area contributed by atoms with Crippen LogP contribution in [0.5, 0.6) is 11.5 Å². The van der Waals surface area contributed by atoms with Crippen molar-refractivity contribution < 1.29 is 14.3 Å². The van der Waals surface area contributed by atoms with Crippen LogP contribution in [0.3, 0.4) is 0 Å². The lowest BCUT2D eigenvalue weighted by molar-refractivity contribution is 0.0953. The molecule has 0 fully saturated rings. The topological polar surface area (TPSA) is 63.3 Å². The van der Waals surface area contributed by atoms with Crippen molar-refractivity contribution in [1.29, 1.82) is 0 Å². The number of carbonyl (C=O) groups is 1. The highest BCUT2D eigenvalue weighted by Crippen LogP contribution is 2.27. The number of methoxy groups -OCH3 is 2. The second-order valence-corrected chi connectivity index (χ2v) is 5.44. The SMILES string of the molecule is COc1ccc(C(=O)NCCc2c[nH]c3ccccc23)cc1OC. The quantitative estimate of drug-likeness (QED) is 0.732. The van der Waals surface area contributed by atoms with Gasteiger partial charge in [0, 0.05) is 29.2 Å². The van der Waals surface area contributed by atoms with Crippen molar-refractivity contribution >= 4 is 16.8 Å². The fourth-order valence-corrected chi connectivity index (χ4v) is 2.73. The number of benzene rings is 2. The molecule has 5 nitrogen and oxygen atoms in total. The number of para-hydroxylation sites is 1. The number of hydrogen-bond acceptors (Lipinski definition) is 3. The molecule has 1 heterocycles. The maximum atomic E-state index is 12.3. The van der Waals surface area contributed by atoms with Gasteiger partial charge >= 0.3 is 0 Å². The maximum absolute atomic E-state index is 12.3. The Morgan fingerprint density at radius 3 is 2.67 bits per heavy atom. The van der Waals surface area contributed by atoms with Gasteiger partial charge in [-0.25, -0.2) is 0 Å². The van der Waals surface area contributed by atoms with Crippen LogP contribution in [-0.4, -0.2) is 31.7 Å². The number of fused-ring (bicyclic) bond motifs is 1. The fourth-order valence-electron chi connectivity index (χ4n) is 2.73. The number of hydrogen-bond donors (Lipinski definition) is 2. The van der Waals surface area contributed by atoms with Crippen molar-refractivity contribution in [1.82, 2.24) is 10.3 Å². The van der Waals surface area contributed by atoms with Gasteiger partial charge in [-0.2, -0.15) is 0 Å². The summed E-state index contributed by atoms with van der Waals surface area (Å²) in [6.07, 6.45) is 2.76. The second-order valence-electron chi connectivity index (χ2n) is 5.44. The van der Waals surface area contributed by atoms with Gasteiger partial charge < -0.3 is 19.8 Å². The molecule has 0 atom stereocenters. The number of ether oxygens (including phenoxy) is 2. The van der Waals surface area contributed by atoms with Crippen molar-refractivity contribution in [2.24, 2.45) is 0 Å². The molecular formula is C19H20N2O3. The molecule has 124 valence electrons. The van der Waals surface area contributed by atoms with Gasteiger partial charge in [-0.1, -0.05) is 18.2 Å². The molecule has 3 aromatic rings. The molecule has 0 saturated heterocycles. The van der Waals surface area contributed by atoms with E-state index < -0.39 is 0 Å². The van der Waals surface area contributed by atoms with Gasteiger partial charge in [0.25, 0.3) is 5.91 Å². The normalized spacial score (nSPS) is 10.6. The monoisotopic (exact) mass is 324 g/mol. The third-order valence-electron chi connectivity index (χ3n) is 4.00. The van der Waals surface area contributed by atoms with E-state index >= 15 is 0 Å². The number of rotatable bonds is 6. The van der Waals surface area contributed by atoms with Gasteiger partial charge in [-0.05, 0) is 36.2 Å². The average molecular weight is 324 g/mol. The number of nitrogens with one attached hydrogen (secondary N) is 2. The highest BCUT2D eigenvalue weighted by Gasteiger charge is 2.11. The van der Waals surface area contributed by atoms with Crippen molar-refractivity contribution in [3.05, 3.63) is 59.8 Å². The van der Waals surface area contributed by atoms with E-state index in [4.69, 9.17) is 9.47 Å². The van der Waals surface area contributed by atoms with Crippen LogP contribution in [0.25, 0.3) is 10.9 Å². The molecular weight excluding hydrogens is 304 g/mol. The Labute approximate surface area is 140 Å². The third kappa shape index (κ3) is 3.20. The first-order chi connectivity index (χ1) is 11.7. The molecule has 1 amide bonds. The Morgan fingerprint density at radius 2 is 1.88 bits per heavy atom. The van der Waals surface area contributed by atoms with Gasteiger partial charge in [0.05, 0.1) is 14.2 Å². The molecule has 2 N–H and O–H groups in total. The molecule has 0 aliphatic carbocycles. The van der Waals surface area contributed by atoms with E-state index in [1.165, 1.54) is 10.9 Å². The Bertz CT molecular complexity index is 855. The Morgan fingerprint density at radius 1 is 1.08 bits per heavy atom. The van der Waals surface area contributed by atoms with Gasteiger partial charge in [0.1, 0.15) is 0 Å². The zero-order valence-corrected chi connectivity index (χ0v) is 13.8. The molecule has 0 radical (unpaired) electrons. The first-order valence-corrected chi connectivity index (χ1v) is 7.78. The van der Waals surface area contributed by atoms with Crippen LogP contribution in [0.4, 0.5) is 0 Å². The minimum Gasteiger partial charge on any atom is -0.493 e. The molecule has 0 unspecified atom stereocenters. The predicted molar refractivity (Wildman–Crippen MR) is 93.9 cm³/mol. The first-order valence-electron chi connectivity index (χ1n) is 7.78. The summed E-state index contributed by atoms with van der Waals surface area (Å²) in [4.78, 5) is 15.5. The minimum absolute atomic E-state index is 0.129. The van der Waals surface area contributed by atoms with E-state index in [9.17, 15) is 4.79 Å². The van der Waals surface area contributed by atoms with Gasteiger partial charge in [0.2, 0.25) is 0 Å². The van der Waals surface area contributed by atoms with E-state index in [-0.39, 0.29) is 5.91 Å². The largest absolute Gasteiger partial charge is 0.493 e. The summed E-state index contributed by atoms with van der Waals surface area (Å²) >= 11 is 0. The molecule has 0 bridgehead atoms. The van der Waals surface area contributed by atoms with Crippen molar-refractivity contribution in [3.63, 3.8) is 0 Å². The summed E-state index contributed by atoms with van der Waals surface area (Å²) in [5.74, 6) is 1.02. The number of H-pyrrole nitrogens is 1. The molecule has 0 saturated carbocycles. The fraction of sp³-hybridized carbons (Fsp3) is 0.211. The van der Waals surface area contributed by atoms with E-state index in [1.54, 1.807) is 32.4 Å². The van der Waals surface area contributed by atoms with E-state index in [1.807, 2.05) is 24.4 Å². The van der Waals surface area contributed by atoms with Crippen LogP contribution in [0.15, 0.2) is 48.7 Å². The second kappa shape index (κ2) is 7.08. The Balaban J connectivity index is 1.63. The lowest BCUT2D eigenvalue weighted by Gasteiger charge is -2.10. The zero-order chi connectivity index (χ0) is 16.9. The first kappa shape index (κ1) is 15.9. The standard InChI is InChI=1S/C19H20N2O3/c1-23-17-8-7-13(11-18(17)24-2)19(22)20-10-9-14-12-21-16-6-4-3-5-15(14)16/h3-8,11-12,21H,9-10H2,1-2H3,(H,20,22). The van der Waals surface area contributed by atoms with Gasteiger partial charge in [0.15, 0.2) is 11.5 Å². The summed E-state index contributed by atoms with van der Waals surface area (Å²) in [5.41, 5.74) is 2.85. The number of carbonyl (C=O) groups excluding carboxylic acids is 1. The predicted octanol–water partition coefficient (Wildman–Crippen LogP) is 3.16. The molecule has 0 aliphatic heterocycles. The highest BCUT2D eigenvalue weighted by molar-refractivity contribution is 5.95. The maximum Gasteiger partial charge on any atom is 0.251 e. The highest BCUT2D eigenvalue weighted by atomic mass is 16.5. The minimum atomic E-state index is -0.129. The summed E-state index contributed by atoms with van der Waals surface area (Å²) in [5, 5.41) is 4.13. The summed E-state index contributed by atoms with van der Waals surface area (Å²) in [6, 6.07) is 13.3. The van der Waals surface area contributed by atoms with Crippen molar-refractivity contribution in [2.75, 3.05) is 20.8 Å². The summed E-state index contributed by atoms with van der Waals surface area (Å²) in [7, 11) is 3.12. The smallest absolute Gasteiger partial charge is 0.251 e. The average Bonchev–Trinajstić information content (AvgIpc) is 3.04. The molecule has 3 rings (SSSR count). The van der Waals surface area contributed by atoms with Crippen LogP contribution in [0.1, 0.15) is 15.9 Å². The number of aromatic amines is 1. The van der Waals surface area contributed by atoms with Gasteiger partial charge in [-0.3, -0.25) is 4.79 Å². The summed E-state index contributed by atoms with van der Waals surface area (Å²) in [6.45, 7) is 0.565. The lowest BCUT2D eigenvalue weighted by Crippen LogP contribution is -2.25. The van der Waals surface area contributed by atoms with E-state index in [0.29, 0.717) is 23.6 Å². The number of amides is 1. The van der Waals surface area contributed by atoms with E-state index in [0.717, 1.165) is 11.9 Å². The van der Waals surface area contributed by atoms with Crippen LogP contribution in [0.2, 0.25) is 0 Å². The molecule has 0 spiro atoms. The molecule has 0 aliphatic rings. The lowest BCUT2D eigenvalue weighted by atomic mass is 10.1. The third-order valence-corrected chi connectivity index (χ3v) is 4.00. The number of aromatic nitrogens is 1. The van der Waals surface area contributed by atoms with E-state index in [2.05, 4.69) is 16.4 Å². The molecule has 24 heavy (non-hydrogen) atoms. The molecule has 1 aromatic heterocycles. The van der Waals surface area contributed by atoms with Crippen molar-refractivity contribution in [3.8, 4) is 11.5 Å². The molecule has 5 heteroatoms. The Kier molecular flexibility index (Phi) is 4.70. The van der Waals surface area contributed by atoms with Gasteiger partial charge in [-0.15, -0.1) is 0 Å². The van der Waals surface area contributed by atoms with Crippen LogP contribution in [-0.2, 0) is 6.42 Å². The molecule has 2 aromatic carbocycles. The van der Waals surface area contributed by atoms with Crippen LogP contribution < -0.4 is 14.8 Å².